The molecule has 22 heavy (non-hydrogen) atoms. The Balaban J connectivity index is 0.00000441. The zero-order valence-electron chi connectivity index (χ0n) is 11.1. The smallest absolute Gasteiger partial charge is 0.379 e. The van der Waals surface area contributed by atoms with Crippen LogP contribution in [0.5, 0.6) is 5.75 Å². The van der Waals surface area contributed by atoms with Gasteiger partial charge in [-0.05, 0) is 6.92 Å². The number of esters is 1. The van der Waals surface area contributed by atoms with E-state index in [1.54, 1.807) is 0 Å². The zero-order chi connectivity index (χ0) is 16.4. The van der Waals surface area contributed by atoms with Crippen molar-refractivity contribution in [2.75, 3.05) is 6.61 Å². The van der Waals surface area contributed by atoms with Crippen LogP contribution in [0.2, 0.25) is 0 Å². The van der Waals surface area contributed by atoms with Gasteiger partial charge in [-0.15, -0.1) is 12.4 Å². The van der Waals surface area contributed by atoms with Crippen molar-refractivity contribution in [2.24, 2.45) is 5.73 Å². The number of nitro benzene ring substituents is 1. The number of alkyl halides is 2. The maximum Gasteiger partial charge on any atom is 0.379 e. The van der Waals surface area contributed by atoms with Crippen LogP contribution < -0.4 is 5.73 Å². The molecular weight excluding hydrogens is 333 g/mol. The molecule has 124 valence electrons. The van der Waals surface area contributed by atoms with Crippen LogP contribution in [0.4, 0.5) is 18.9 Å². The van der Waals surface area contributed by atoms with E-state index in [9.17, 15) is 33.2 Å². The number of nitro groups is 1. The first-order valence-electron chi connectivity index (χ1n) is 5.60. The van der Waals surface area contributed by atoms with Crippen molar-refractivity contribution in [3.63, 3.8) is 0 Å². The van der Waals surface area contributed by atoms with E-state index in [-0.39, 0.29) is 19.0 Å². The number of nitrogens with zero attached hydrogens (tertiary/aromatic N) is 1. The minimum atomic E-state index is -4.30. The number of phenols is 1. The minimum Gasteiger partial charge on any atom is -0.505 e. The maximum absolute atomic E-state index is 13.7. The number of carbonyl (C=O) groups is 1. The molecular formula is C11H12ClF3N2O5. The Kier molecular flexibility index (Phi) is 6.59. The number of phenolic OH excluding ortho intramolecular Hbond substituents is 1. The molecule has 0 bridgehead atoms. The van der Waals surface area contributed by atoms with Crippen LogP contribution in [-0.2, 0) is 9.53 Å². The van der Waals surface area contributed by atoms with Crippen molar-refractivity contribution < 1.29 is 32.7 Å². The van der Waals surface area contributed by atoms with E-state index in [1.165, 1.54) is 6.92 Å². The second-order valence-electron chi connectivity index (χ2n) is 3.94. The number of non-ortho nitro benzene ring substituents is 1. The zero-order valence-corrected chi connectivity index (χ0v) is 11.9. The highest BCUT2D eigenvalue weighted by Crippen LogP contribution is 2.38. The van der Waals surface area contributed by atoms with Gasteiger partial charge in [0, 0.05) is 11.6 Å². The van der Waals surface area contributed by atoms with Crippen LogP contribution in [0.25, 0.3) is 0 Å². The van der Waals surface area contributed by atoms with Crippen molar-refractivity contribution in [1.82, 2.24) is 0 Å². The molecule has 0 saturated carbocycles. The predicted molar refractivity (Wildman–Crippen MR) is 70.5 cm³/mol. The van der Waals surface area contributed by atoms with E-state index >= 15 is 0 Å². The second-order valence-corrected chi connectivity index (χ2v) is 3.94. The number of nitrogens with two attached hydrogens (primary N) is 1. The summed E-state index contributed by atoms with van der Waals surface area (Å²) in [6, 6.07) is -1.70. The molecule has 11 heteroatoms. The van der Waals surface area contributed by atoms with E-state index in [1.807, 2.05) is 0 Å². The fourth-order valence-electron chi connectivity index (χ4n) is 1.50. The molecule has 0 heterocycles. The van der Waals surface area contributed by atoms with Gasteiger partial charge in [0.15, 0.2) is 11.6 Å². The Labute approximate surface area is 128 Å². The quantitative estimate of drug-likeness (QED) is 0.480. The number of benzene rings is 1. The highest BCUT2D eigenvalue weighted by molar-refractivity contribution is 5.85. The molecule has 1 rings (SSSR count). The molecule has 1 atom stereocenters. The topological polar surface area (TPSA) is 116 Å². The van der Waals surface area contributed by atoms with Crippen LogP contribution in [0.1, 0.15) is 18.5 Å². The third-order valence-electron chi connectivity index (χ3n) is 2.56. The molecule has 0 radical (unpaired) electrons. The van der Waals surface area contributed by atoms with E-state index in [0.29, 0.717) is 12.1 Å². The normalized spacial score (nSPS) is 12.2. The first-order chi connectivity index (χ1) is 9.62. The lowest BCUT2D eigenvalue weighted by Gasteiger charge is -2.22. The fourth-order valence-corrected chi connectivity index (χ4v) is 1.50. The lowest BCUT2D eigenvalue weighted by atomic mass is 9.99. The van der Waals surface area contributed by atoms with Gasteiger partial charge in [-0.1, -0.05) is 0 Å². The molecule has 0 unspecified atom stereocenters. The summed E-state index contributed by atoms with van der Waals surface area (Å²) in [5.74, 6) is -9.08. The molecule has 0 aliphatic carbocycles. The molecule has 1 aromatic carbocycles. The van der Waals surface area contributed by atoms with Crippen molar-refractivity contribution in [2.45, 2.75) is 18.9 Å². The standard InChI is InChI=1S/C11H11F3N2O5.ClH/c1-2-21-10(18)11(13,14)9(15)6-3-5(16(19)20)4-7(12)8(6)17;/h3-4,9,17H,2,15H2,1H3;1H/t9-;/m1./s1. The van der Waals surface area contributed by atoms with Crippen LogP contribution >= 0.6 is 12.4 Å². The van der Waals surface area contributed by atoms with Crippen molar-refractivity contribution in [3.8, 4) is 5.75 Å². The van der Waals surface area contributed by atoms with E-state index in [2.05, 4.69) is 4.74 Å². The first-order valence-corrected chi connectivity index (χ1v) is 5.60. The highest BCUT2D eigenvalue weighted by Gasteiger charge is 2.49. The van der Waals surface area contributed by atoms with Crippen LogP contribution in [0.3, 0.4) is 0 Å². The SMILES string of the molecule is CCOC(=O)C(F)(F)[C@H](N)c1cc([N+](=O)[O-])cc(F)c1O.Cl. The van der Waals surface area contributed by atoms with Crippen LogP contribution in [-0.4, -0.2) is 28.5 Å². The van der Waals surface area contributed by atoms with E-state index in [4.69, 9.17) is 5.73 Å². The number of halogens is 4. The Morgan fingerprint density at radius 1 is 1.55 bits per heavy atom. The van der Waals surface area contributed by atoms with Gasteiger partial charge >= 0.3 is 11.9 Å². The van der Waals surface area contributed by atoms with Crippen molar-refractivity contribution in [3.05, 3.63) is 33.6 Å². The van der Waals surface area contributed by atoms with Crippen molar-refractivity contribution >= 4 is 24.1 Å². The number of hydrogen-bond donors (Lipinski definition) is 2. The first kappa shape index (κ1) is 19.9. The lowest BCUT2D eigenvalue weighted by Crippen LogP contribution is -2.41. The monoisotopic (exact) mass is 344 g/mol. The van der Waals surface area contributed by atoms with Gasteiger partial charge in [0.05, 0.1) is 17.6 Å². The second kappa shape index (κ2) is 7.27. The molecule has 0 aliphatic rings. The summed E-state index contributed by atoms with van der Waals surface area (Å²) in [7, 11) is 0. The molecule has 0 amide bonds. The predicted octanol–water partition coefficient (Wildman–Crippen LogP) is 2.06. The Morgan fingerprint density at radius 2 is 2.09 bits per heavy atom. The Morgan fingerprint density at radius 3 is 2.55 bits per heavy atom. The molecule has 3 N–H and O–H groups in total. The van der Waals surface area contributed by atoms with E-state index < -0.39 is 45.7 Å². The van der Waals surface area contributed by atoms with Crippen molar-refractivity contribution in [1.29, 1.82) is 0 Å². The number of carbonyl (C=O) groups excluding carboxylic acids is 1. The van der Waals surface area contributed by atoms with Gasteiger partial charge in [0.2, 0.25) is 0 Å². The molecule has 1 aromatic rings. The lowest BCUT2D eigenvalue weighted by molar-refractivity contribution is -0.385. The summed E-state index contributed by atoms with van der Waals surface area (Å²) in [5, 5.41) is 19.9. The van der Waals surface area contributed by atoms with Crippen LogP contribution in [0.15, 0.2) is 12.1 Å². The maximum atomic E-state index is 13.7. The molecule has 0 saturated heterocycles. The van der Waals surface area contributed by atoms with Gasteiger partial charge < -0.3 is 15.6 Å². The van der Waals surface area contributed by atoms with Gasteiger partial charge in [-0.3, -0.25) is 10.1 Å². The summed E-state index contributed by atoms with van der Waals surface area (Å²) in [4.78, 5) is 20.6. The summed E-state index contributed by atoms with van der Waals surface area (Å²) >= 11 is 0. The van der Waals surface area contributed by atoms with E-state index in [0.717, 1.165) is 0 Å². The Hall–Kier alpha value is -2.07. The summed E-state index contributed by atoms with van der Waals surface area (Å²) < 4.78 is 44.9. The number of ether oxygens (including phenoxy) is 1. The molecule has 0 fully saturated rings. The van der Waals surface area contributed by atoms with Gasteiger partial charge in [0.25, 0.3) is 5.69 Å². The average Bonchev–Trinajstić information content (AvgIpc) is 2.40. The molecule has 0 aromatic heterocycles. The van der Waals surface area contributed by atoms with Crippen LogP contribution in [0, 0.1) is 15.9 Å². The fraction of sp³-hybridized carbons (Fsp3) is 0.364. The number of aromatic hydroxyl groups is 1. The van der Waals surface area contributed by atoms with Gasteiger partial charge in [-0.25, -0.2) is 9.18 Å². The molecule has 0 spiro atoms. The Bertz CT molecular complexity index is 585. The molecule has 7 nitrogen and oxygen atoms in total. The average molecular weight is 345 g/mol. The highest BCUT2D eigenvalue weighted by atomic mass is 35.5. The third kappa shape index (κ3) is 3.77. The third-order valence-corrected chi connectivity index (χ3v) is 2.56. The largest absolute Gasteiger partial charge is 0.505 e. The summed E-state index contributed by atoms with van der Waals surface area (Å²) in [6.45, 7) is 0.931. The van der Waals surface area contributed by atoms with Gasteiger partial charge in [-0.2, -0.15) is 8.78 Å². The summed E-state index contributed by atoms with van der Waals surface area (Å²) in [5.41, 5.74) is 3.28. The number of rotatable bonds is 5. The van der Waals surface area contributed by atoms with Gasteiger partial charge in [0.1, 0.15) is 6.04 Å². The number of hydrogen-bond acceptors (Lipinski definition) is 6. The molecule has 0 aliphatic heterocycles. The minimum absolute atomic E-state index is 0. The summed E-state index contributed by atoms with van der Waals surface area (Å²) in [6.07, 6.45) is 0.